The van der Waals surface area contributed by atoms with E-state index >= 15 is 0 Å². The molecule has 2 aromatic heterocycles. The molecule has 146 valence electrons. The Morgan fingerprint density at radius 3 is 2.61 bits per heavy atom. The Morgan fingerprint density at radius 1 is 1.18 bits per heavy atom. The number of benzene rings is 1. The number of nitrogens with zero attached hydrogens (tertiary/aromatic N) is 4. The number of aromatic nitrogens is 2. The van der Waals surface area contributed by atoms with E-state index in [0.717, 1.165) is 26.0 Å². The van der Waals surface area contributed by atoms with E-state index in [9.17, 15) is 9.59 Å². The molecule has 0 spiro atoms. The third kappa shape index (κ3) is 3.40. The molecule has 1 saturated heterocycles. The number of rotatable bonds is 3. The van der Waals surface area contributed by atoms with Gasteiger partial charge in [0, 0.05) is 31.1 Å². The summed E-state index contributed by atoms with van der Waals surface area (Å²) in [4.78, 5) is 35.7. The second-order valence-electron chi connectivity index (χ2n) is 6.96. The number of carbonyl (C=O) groups excluding carboxylic acids is 1. The van der Waals surface area contributed by atoms with Crippen LogP contribution in [0.4, 0.5) is 5.69 Å². The van der Waals surface area contributed by atoms with Gasteiger partial charge in [-0.15, -0.1) is 11.3 Å². The fourth-order valence-corrected chi connectivity index (χ4v) is 4.78. The number of halogens is 1. The fraction of sp³-hybridized carbons (Fsp3) is 0.350. The zero-order chi connectivity index (χ0) is 19.8. The van der Waals surface area contributed by atoms with Crippen molar-refractivity contribution >= 4 is 44.7 Å². The Kier molecular flexibility index (Phi) is 5.12. The lowest BCUT2D eigenvalue weighted by atomic mass is 10.2. The van der Waals surface area contributed by atoms with Gasteiger partial charge in [0.2, 0.25) is 5.91 Å². The molecule has 0 atom stereocenters. The summed E-state index contributed by atoms with van der Waals surface area (Å²) >= 11 is 7.79. The second kappa shape index (κ2) is 7.56. The highest BCUT2D eigenvalue weighted by Crippen LogP contribution is 2.27. The summed E-state index contributed by atoms with van der Waals surface area (Å²) in [5.74, 6) is -0.0633. The van der Waals surface area contributed by atoms with Crippen LogP contribution in [0.3, 0.4) is 0 Å². The first-order chi connectivity index (χ1) is 13.5. The molecule has 0 aliphatic carbocycles. The largest absolute Gasteiger partial charge is 0.367 e. The fourth-order valence-electron chi connectivity index (χ4n) is 3.53. The number of hydrogen-bond acceptors (Lipinski definition) is 5. The van der Waals surface area contributed by atoms with E-state index in [4.69, 9.17) is 11.6 Å². The third-order valence-electron chi connectivity index (χ3n) is 5.29. The molecule has 1 aromatic carbocycles. The Morgan fingerprint density at radius 2 is 1.89 bits per heavy atom. The number of hydrogen-bond donors (Lipinski definition) is 0. The summed E-state index contributed by atoms with van der Waals surface area (Å²) in [6.45, 7) is 6.56. The van der Waals surface area contributed by atoms with Crippen molar-refractivity contribution in [2.75, 3.05) is 31.1 Å². The van der Waals surface area contributed by atoms with E-state index in [2.05, 4.69) is 9.88 Å². The lowest BCUT2D eigenvalue weighted by molar-refractivity contribution is -0.132. The molecule has 28 heavy (non-hydrogen) atoms. The first-order valence-electron chi connectivity index (χ1n) is 9.18. The molecule has 1 aliphatic heterocycles. The van der Waals surface area contributed by atoms with Gasteiger partial charge >= 0.3 is 0 Å². The first-order valence-corrected chi connectivity index (χ1v) is 10.4. The molecule has 6 nitrogen and oxygen atoms in total. The zero-order valence-electron chi connectivity index (χ0n) is 15.8. The summed E-state index contributed by atoms with van der Waals surface area (Å²) in [5.41, 5.74) is 1.80. The summed E-state index contributed by atoms with van der Waals surface area (Å²) in [6, 6.07) is 7.73. The van der Waals surface area contributed by atoms with Gasteiger partial charge in [0.25, 0.3) is 5.56 Å². The quantitative estimate of drug-likeness (QED) is 0.658. The normalized spacial score (nSPS) is 14.7. The van der Waals surface area contributed by atoms with E-state index in [1.165, 1.54) is 22.2 Å². The van der Waals surface area contributed by atoms with Gasteiger partial charge in [0.15, 0.2) is 0 Å². The van der Waals surface area contributed by atoms with Crippen molar-refractivity contribution < 1.29 is 4.79 Å². The lowest BCUT2D eigenvalue weighted by Gasteiger charge is -2.36. The van der Waals surface area contributed by atoms with Crippen molar-refractivity contribution in [3.63, 3.8) is 0 Å². The van der Waals surface area contributed by atoms with Crippen molar-refractivity contribution in [2.45, 2.75) is 20.4 Å². The molecule has 8 heteroatoms. The summed E-state index contributed by atoms with van der Waals surface area (Å²) in [6.07, 6.45) is 1.48. The molecular weight excluding hydrogens is 396 g/mol. The van der Waals surface area contributed by atoms with Crippen LogP contribution >= 0.6 is 22.9 Å². The van der Waals surface area contributed by atoms with Crippen molar-refractivity contribution in [1.82, 2.24) is 14.5 Å². The average molecular weight is 417 g/mol. The molecule has 4 rings (SSSR count). The van der Waals surface area contributed by atoms with Gasteiger partial charge in [-0.2, -0.15) is 0 Å². The predicted octanol–water partition coefficient (Wildman–Crippen LogP) is 3.08. The molecule has 0 saturated carbocycles. The minimum absolute atomic E-state index is 0.0161. The molecule has 1 fully saturated rings. The van der Waals surface area contributed by atoms with Crippen LogP contribution in [0.1, 0.15) is 10.4 Å². The van der Waals surface area contributed by atoms with E-state index in [0.29, 0.717) is 31.6 Å². The molecule has 1 amide bonds. The number of piperazine rings is 1. The highest BCUT2D eigenvalue weighted by molar-refractivity contribution is 7.18. The molecule has 3 aromatic rings. The van der Waals surface area contributed by atoms with Crippen molar-refractivity contribution in [3.05, 3.63) is 56.4 Å². The van der Waals surface area contributed by atoms with Crippen LogP contribution in [-0.2, 0) is 11.3 Å². The number of carbonyl (C=O) groups is 1. The Balaban J connectivity index is 1.46. The van der Waals surface area contributed by atoms with E-state index in [1.54, 1.807) is 4.90 Å². The smallest absolute Gasteiger partial charge is 0.262 e. The first kappa shape index (κ1) is 19.0. The molecule has 1 aliphatic rings. The van der Waals surface area contributed by atoms with Gasteiger partial charge in [-0.3, -0.25) is 14.2 Å². The summed E-state index contributed by atoms with van der Waals surface area (Å²) in [7, 11) is 0. The SMILES string of the molecule is Cc1sc2ncn(CC(=O)N3CCN(c4ccccc4Cl)CC3)c(=O)c2c1C. The number of amides is 1. The maximum absolute atomic E-state index is 12.8. The molecule has 0 unspecified atom stereocenters. The van der Waals surface area contributed by atoms with E-state index < -0.39 is 0 Å². The van der Waals surface area contributed by atoms with E-state index in [-0.39, 0.29) is 18.0 Å². The third-order valence-corrected chi connectivity index (χ3v) is 6.72. The molecule has 0 N–H and O–H groups in total. The van der Waals surface area contributed by atoms with Gasteiger partial charge < -0.3 is 9.80 Å². The summed E-state index contributed by atoms with van der Waals surface area (Å²) < 4.78 is 1.42. The maximum atomic E-state index is 12.8. The van der Waals surface area contributed by atoms with Crippen LogP contribution in [0.5, 0.6) is 0 Å². The second-order valence-corrected chi connectivity index (χ2v) is 8.57. The minimum atomic E-state index is -0.144. The number of fused-ring (bicyclic) bond motifs is 1. The highest BCUT2D eigenvalue weighted by Gasteiger charge is 2.23. The Bertz CT molecular complexity index is 1100. The Labute approximate surface area is 172 Å². The van der Waals surface area contributed by atoms with Crippen LogP contribution in [0.2, 0.25) is 5.02 Å². The average Bonchev–Trinajstić information content (AvgIpc) is 2.99. The Hall–Kier alpha value is -2.38. The monoisotopic (exact) mass is 416 g/mol. The van der Waals surface area contributed by atoms with Gasteiger partial charge in [0.05, 0.1) is 22.4 Å². The predicted molar refractivity (Wildman–Crippen MR) is 114 cm³/mol. The van der Waals surface area contributed by atoms with Crippen LogP contribution < -0.4 is 10.5 Å². The standard InChI is InChI=1S/C20H21ClN4O2S/c1-13-14(2)28-19-18(13)20(27)25(12-22-19)11-17(26)24-9-7-23(8-10-24)16-6-4-3-5-15(16)21/h3-6,12H,7-11H2,1-2H3. The highest BCUT2D eigenvalue weighted by atomic mass is 35.5. The van der Waals surface area contributed by atoms with Crippen molar-refractivity contribution in [1.29, 1.82) is 0 Å². The summed E-state index contributed by atoms with van der Waals surface area (Å²) in [5, 5.41) is 1.34. The molecule has 3 heterocycles. The maximum Gasteiger partial charge on any atom is 0.262 e. The van der Waals surface area contributed by atoms with Gasteiger partial charge in [0.1, 0.15) is 11.4 Å². The topological polar surface area (TPSA) is 58.4 Å². The van der Waals surface area contributed by atoms with Crippen LogP contribution in [0.25, 0.3) is 10.2 Å². The molecule has 0 bridgehead atoms. The molecular formula is C20H21ClN4O2S. The number of thiophene rings is 1. The number of para-hydroxylation sites is 1. The number of aryl methyl sites for hydroxylation is 2. The zero-order valence-corrected chi connectivity index (χ0v) is 17.4. The van der Waals surface area contributed by atoms with Crippen molar-refractivity contribution in [3.8, 4) is 0 Å². The van der Waals surface area contributed by atoms with Gasteiger partial charge in [-0.1, -0.05) is 23.7 Å². The minimum Gasteiger partial charge on any atom is -0.367 e. The van der Waals surface area contributed by atoms with Crippen LogP contribution in [0, 0.1) is 13.8 Å². The van der Waals surface area contributed by atoms with Crippen LogP contribution in [-0.4, -0.2) is 46.5 Å². The number of anilines is 1. The van der Waals surface area contributed by atoms with Crippen molar-refractivity contribution in [2.24, 2.45) is 0 Å². The van der Waals surface area contributed by atoms with Crippen LogP contribution in [0.15, 0.2) is 35.4 Å². The van der Waals surface area contributed by atoms with E-state index in [1.807, 2.05) is 38.1 Å². The van der Waals surface area contributed by atoms with Gasteiger partial charge in [-0.25, -0.2) is 4.98 Å². The molecule has 0 radical (unpaired) electrons. The van der Waals surface area contributed by atoms with Gasteiger partial charge in [-0.05, 0) is 31.5 Å². The lowest BCUT2D eigenvalue weighted by Crippen LogP contribution is -2.50.